The third kappa shape index (κ3) is 1.76. The molecule has 62 valence electrons. The summed E-state index contributed by atoms with van der Waals surface area (Å²) in [7, 11) is 1.26. The molecule has 3 N–H and O–H groups in total. The van der Waals surface area contributed by atoms with E-state index in [2.05, 4.69) is 26.8 Å². The molecule has 0 amide bonds. The summed E-state index contributed by atoms with van der Waals surface area (Å²) in [5.41, 5.74) is 5.88. The molecule has 0 fully saturated rings. The van der Waals surface area contributed by atoms with Crippen molar-refractivity contribution in [2.75, 3.05) is 12.8 Å². The number of H-pyrrole nitrogens is 1. The van der Waals surface area contributed by atoms with E-state index in [9.17, 15) is 4.79 Å². The van der Waals surface area contributed by atoms with Crippen molar-refractivity contribution in [1.82, 2.24) is 10.2 Å². The van der Waals surface area contributed by atoms with Gasteiger partial charge in [0.05, 0.1) is 18.9 Å². The number of ether oxygens (including phenoxy) is 1. The van der Waals surface area contributed by atoms with Crippen molar-refractivity contribution in [2.45, 2.75) is 0 Å². The Morgan fingerprint density at radius 2 is 2.58 bits per heavy atom. The van der Waals surface area contributed by atoms with Gasteiger partial charge in [-0.2, -0.15) is 5.10 Å². The molecule has 12 heavy (non-hydrogen) atoms. The molecule has 0 unspecified atom stereocenters. The summed E-state index contributed by atoms with van der Waals surface area (Å²) >= 11 is 0. The van der Waals surface area contributed by atoms with E-state index in [1.54, 1.807) is 0 Å². The van der Waals surface area contributed by atoms with Gasteiger partial charge in [-0.25, -0.2) is 4.79 Å². The van der Waals surface area contributed by atoms with E-state index in [1.165, 1.54) is 13.3 Å². The molecule has 0 saturated carbocycles. The Morgan fingerprint density at radius 3 is 3.08 bits per heavy atom. The maximum atomic E-state index is 10.6. The highest BCUT2D eigenvalue weighted by molar-refractivity contribution is 5.89. The maximum Gasteiger partial charge on any atom is 0.384 e. The molecule has 0 radical (unpaired) electrons. The molecule has 5 heteroatoms. The van der Waals surface area contributed by atoms with Crippen molar-refractivity contribution in [3.63, 3.8) is 0 Å². The van der Waals surface area contributed by atoms with Crippen LogP contribution in [0.25, 0.3) is 0 Å². The number of hydrogen-bond donors (Lipinski definition) is 2. The van der Waals surface area contributed by atoms with Gasteiger partial charge in [0.25, 0.3) is 0 Å². The van der Waals surface area contributed by atoms with Crippen LogP contribution in [0.2, 0.25) is 0 Å². The summed E-state index contributed by atoms with van der Waals surface area (Å²) in [4.78, 5) is 10.6. The van der Waals surface area contributed by atoms with Crippen LogP contribution in [0, 0.1) is 11.8 Å². The van der Waals surface area contributed by atoms with Crippen LogP contribution < -0.4 is 5.73 Å². The van der Waals surface area contributed by atoms with Gasteiger partial charge in [-0.1, -0.05) is 0 Å². The number of nitrogens with zero attached hydrogens (tertiary/aromatic N) is 1. The summed E-state index contributed by atoms with van der Waals surface area (Å²) in [5.74, 6) is 4.46. The first-order valence-electron chi connectivity index (χ1n) is 3.13. The van der Waals surface area contributed by atoms with Crippen molar-refractivity contribution < 1.29 is 9.53 Å². The number of carbonyl (C=O) groups is 1. The highest BCUT2D eigenvalue weighted by Gasteiger charge is 1.96. The zero-order valence-corrected chi connectivity index (χ0v) is 6.42. The third-order valence-electron chi connectivity index (χ3n) is 1.15. The minimum absolute atomic E-state index is 0.339. The summed E-state index contributed by atoms with van der Waals surface area (Å²) in [6.45, 7) is 0. The Kier molecular flexibility index (Phi) is 2.33. The van der Waals surface area contributed by atoms with Crippen LogP contribution in [0.5, 0.6) is 0 Å². The van der Waals surface area contributed by atoms with Crippen molar-refractivity contribution in [1.29, 1.82) is 0 Å². The van der Waals surface area contributed by atoms with E-state index >= 15 is 0 Å². The number of nitrogens with one attached hydrogen (secondary N) is 1. The third-order valence-corrected chi connectivity index (χ3v) is 1.15. The summed E-state index contributed by atoms with van der Waals surface area (Å²) in [5, 5.41) is 6.10. The van der Waals surface area contributed by atoms with Crippen LogP contribution >= 0.6 is 0 Å². The Labute approximate surface area is 68.9 Å². The van der Waals surface area contributed by atoms with Crippen LogP contribution in [0.15, 0.2) is 6.20 Å². The van der Waals surface area contributed by atoms with Crippen molar-refractivity contribution in [3.8, 4) is 11.8 Å². The molecule has 0 bridgehead atoms. The van der Waals surface area contributed by atoms with E-state index in [-0.39, 0.29) is 0 Å². The zero-order valence-electron chi connectivity index (χ0n) is 6.42. The van der Waals surface area contributed by atoms with E-state index in [4.69, 9.17) is 5.73 Å². The smallest absolute Gasteiger partial charge is 0.384 e. The molecule has 0 spiro atoms. The fraction of sp³-hybridized carbons (Fsp3) is 0.143. The number of nitrogens with two attached hydrogens (primary N) is 1. The maximum absolute atomic E-state index is 10.6. The predicted octanol–water partition coefficient (Wildman–Crippen LogP) is -0.484. The van der Waals surface area contributed by atoms with Crippen molar-refractivity contribution in [3.05, 3.63) is 11.8 Å². The quantitative estimate of drug-likeness (QED) is 0.401. The number of anilines is 1. The number of aromatic amines is 1. The molecule has 1 aromatic rings. The van der Waals surface area contributed by atoms with Crippen LogP contribution in [-0.4, -0.2) is 23.3 Å². The van der Waals surface area contributed by atoms with Gasteiger partial charge in [0.15, 0.2) is 0 Å². The van der Waals surface area contributed by atoms with Gasteiger partial charge in [-0.05, 0) is 5.92 Å². The van der Waals surface area contributed by atoms with Gasteiger partial charge in [0.2, 0.25) is 0 Å². The summed E-state index contributed by atoms with van der Waals surface area (Å²) < 4.78 is 4.30. The highest BCUT2D eigenvalue weighted by atomic mass is 16.5. The molecule has 0 saturated heterocycles. The molecule has 0 atom stereocenters. The van der Waals surface area contributed by atoms with Gasteiger partial charge in [-0.15, -0.1) is 0 Å². The van der Waals surface area contributed by atoms with E-state index in [0.717, 1.165) is 0 Å². The first-order valence-corrected chi connectivity index (χ1v) is 3.13. The topological polar surface area (TPSA) is 81.0 Å². The Bertz CT molecular complexity index is 345. The van der Waals surface area contributed by atoms with E-state index in [0.29, 0.717) is 11.4 Å². The Hall–Kier alpha value is -1.96. The predicted molar refractivity (Wildman–Crippen MR) is 41.9 cm³/mol. The summed E-state index contributed by atoms with van der Waals surface area (Å²) in [6, 6.07) is 0. The first kappa shape index (κ1) is 8.14. The number of esters is 1. The second kappa shape index (κ2) is 3.44. The fourth-order valence-electron chi connectivity index (χ4n) is 0.565. The molecular formula is C7H7N3O2. The highest BCUT2D eigenvalue weighted by Crippen LogP contribution is 2.02. The second-order valence-corrected chi connectivity index (χ2v) is 1.94. The van der Waals surface area contributed by atoms with Gasteiger partial charge in [0.1, 0.15) is 5.82 Å². The molecule has 0 aliphatic heterocycles. The number of hydrogen-bond acceptors (Lipinski definition) is 4. The number of nitrogen functional groups attached to an aromatic ring is 1. The average molecular weight is 165 g/mol. The normalized spacial score (nSPS) is 8.42. The number of aromatic nitrogens is 2. The first-order chi connectivity index (χ1) is 5.74. The largest absolute Gasteiger partial charge is 0.459 e. The van der Waals surface area contributed by atoms with Gasteiger partial charge in [0, 0.05) is 5.92 Å². The van der Waals surface area contributed by atoms with Gasteiger partial charge in [-0.3, -0.25) is 5.10 Å². The molecule has 1 rings (SSSR count). The number of methoxy groups -OCH3 is 1. The second-order valence-electron chi connectivity index (χ2n) is 1.94. The minimum atomic E-state index is -0.601. The van der Waals surface area contributed by atoms with Crippen LogP contribution in [0.4, 0.5) is 5.82 Å². The number of carbonyl (C=O) groups excluding carboxylic acids is 1. The standard InChI is InChI=1S/C7H7N3O2/c1-12-6(11)3-2-5-4-9-10-7(5)8/h4H,1H3,(H3,8,9,10). The Balaban J connectivity index is 2.79. The zero-order chi connectivity index (χ0) is 8.97. The van der Waals surface area contributed by atoms with Gasteiger partial charge < -0.3 is 10.5 Å². The lowest BCUT2D eigenvalue weighted by Crippen LogP contribution is -1.95. The Morgan fingerprint density at radius 1 is 1.83 bits per heavy atom. The van der Waals surface area contributed by atoms with Gasteiger partial charge >= 0.3 is 5.97 Å². The summed E-state index contributed by atoms with van der Waals surface area (Å²) in [6.07, 6.45) is 1.44. The lowest BCUT2D eigenvalue weighted by molar-refractivity contribution is -0.133. The van der Waals surface area contributed by atoms with Crippen LogP contribution in [-0.2, 0) is 9.53 Å². The minimum Gasteiger partial charge on any atom is -0.459 e. The average Bonchev–Trinajstić information content (AvgIpc) is 2.47. The van der Waals surface area contributed by atoms with Crippen LogP contribution in [0.3, 0.4) is 0 Å². The molecule has 1 heterocycles. The van der Waals surface area contributed by atoms with Crippen molar-refractivity contribution >= 4 is 11.8 Å². The lowest BCUT2D eigenvalue weighted by atomic mass is 10.3. The SMILES string of the molecule is COC(=O)C#Cc1cn[nH]c1N. The molecule has 1 aromatic heterocycles. The molecule has 0 aromatic carbocycles. The van der Waals surface area contributed by atoms with Crippen molar-refractivity contribution in [2.24, 2.45) is 0 Å². The lowest BCUT2D eigenvalue weighted by Gasteiger charge is -1.85. The molecule has 5 nitrogen and oxygen atoms in total. The molecule has 0 aliphatic rings. The molecular weight excluding hydrogens is 158 g/mol. The van der Waals surface area contributed by atoms with E-state index < -0.39 is 5.97 Å². The monoisotopic (exact) mass is 165 g/mol. The van der Waals surface area contributed by atoms with Crippen LogP contribution in [0.1, 0.15) is 5.56 Å². The fourth-order valence-corrected chi connectivity index (χ4v) is 0.565. The van der Waals surface area contributed by atoms with E-state index in [1.807, 2.05) is 0 Å². The molecule has 0 aliphatic carbocycles. The number of rotatable bonds is 0.